The number of pyridine rings is 1. The van der Waals surface area contributed by atoms with Crippen LogP contribution in [0.4, 0.5) is 0 Å². The van der Waals surface area contributed by atoms with Crippen molar-refractivity contribution in [3.8, 4) is 0 Å². The normalized spacial score (nSPS) is 19.9. The molecule has 0 saturated carbocycles. The van der Waals surface area contributed by atoms with Crippen molar-refractivity contribution in [3.63, 3.8) is 0 Å². The Kier molecular flexibility index (Phi) is 4.20. The van der Waals surface area contributed by atoms with Gasteiger partial charge in [0.2, 0.25) is 0 Å². The molecule has 1 aliphatic rings. The molecule has 3 rings (SSSR count). The van der Waals surface area contributed by atoms with Crippen LogP contribution in [-0.4, -0.2) is 27.5 Å². The Hall–Kier alpha value is -1.26. The molecule has 0 aromatic carbocycles. The minimum Gasteiger partial charge on any atom is -0.295 e. The standard InChI is InChI=1S/C15H19N3S/c1-2-14(4-3-13-5-7-16-8-6-13)18(9-1)11-15-10-17-12-19-15/h5-8,10,12,14H,1-4,9,11H2/t14-/m0/s1. The van der Waals surface area contributed by atoms with E-state index in [1.807, 2.05) is 24.1 Å². The summed E-state index contributed by atoms with van der Waals surface area (Å²) >= 11 is 1.77. The summed E-state index contributed by atoms with van der Waals surface area (Å²) in [5.41, 5.74) is 3.33. The van der Waals surface area contributed by atoms with Crippen LogP contribution in [0.2, 0.25) is 0 Å². The first-order valence-electron chi connectivity index (χ1n) is 6.92. The number of nitrogens with zero attached hydrogens (tertiary/aromatic N) is 3. The third kappa shape index (κ3) is 3.39. The largest absolute Gasteiger partial charge is 0.295 e. The smallest absolute Gasteiger partial charge is 0.0794 e. The van der Waals surface area contributed by atoms with E-state index in [9.17, 15) is 0 Å². The fraction of sp³-hybridized carbons (Fsp3) is 0.467. The molecule has 0 N–H and O–H groups in total. The summed E-state index contributed by atoms with van der Waals surface area (Å²) in [5, 5.41) is 0. The molecule has 0 unspecified atom stereocenters. The highest BCUT2D eigenvalue weighted by molar-refractivity contribution is 7.09. The molecular formula is C15H19N3S. The lowest BCUT2D eigenvalue weighted by atomic mass is 10.0. The van der Waals surface area contributed by atoms with Crippen LogP contribution in [0.25, 0.3) is 0 Å². The van der Waals surface area contributed by atoms with Crippen molar-refractivity contribution in [1.29, 1.82) is 0 Å². The molecule has 0 amide bonds. The summed E-state index contributed by atoms with van der Waals surface area (Å²) < 4.78 is 0. The van der Waals surface area contributed by atoms with E-state index in [1.54, 1.807) is 11.3 Å². The fourth-order valence-corrected chi connectivity index (χ4v) is 3.45. The molecule has 4 heteroatoms. The van der Waals surface area contributed by atoms with Crippen LogP contribution >= 0.6 is 11.3 Å². The number of likely N-dealkylation sites (tertiary alicyclic amines) is 1. The van der Waals surface area contributed by atoms with Crippen LogP contribution in [0, 0.1) is 0 Å². The third-order valence-electron chi connectivity index (χ3n) is 3.86. The van der Waals surface area contributed by atoms with E-state index in [1.165, 1.54) is 36.2 Å². The van der Waals surface area contributed by atoms with Gasteiger partial charge in [-0.3, -0.25) is 14.9 Å². The Bertz CT molecular complexity index is 483. The van der Waals surface area contributed by atoms with E-state index < -0.39 is 0 Å². The van der Waals surface area contributed by atoms with Gasteiger partial charge in [-0.15, -0.1) is 11.3 Å². The molecule has 3 nitrogen and oxygen atoms in total. The highest BCUT2D eigenvalue weighted by atomic mass is 32.1. The molecule has 2 aromatic heterocycles. The first-order valence-corrected chi connectivity index (χ1v) is 7.80. The van der Waals surface area contributed by atoms with E-state index in [4.69, 9.17) is 0 Å². The second-order valence-electron chi connectivity index (χ2n) is 5.13. The number of hydrogen-bond donors (Lipinski definition) is 0. The van der Waals surface area contributed by atoms with Crippen LogP contribution in [0.15, 0.2) is 36.2 Å². The summed E-state index contributed by atoms with van der Waals surface area (Å²) in [6.07, 6.45) is 10.9. The Balaban J connectivity index is 1.55. The summed E-state index contributed by atoms with van der Waals surface area (Å²) in [5.74, 6) is 0. The maximum absolute atomic E-state index is 4.17. The van der Waals surface area contributed by atoms with E-state index in [0.717, 1.165) is 19.0 Å². The molecule has 1 fully saturated rings. The molecule has 3 heterocycles. The zero-order valence-electron chi connectivity index (χ0n) is 11.0. The maximum atomic E-state index is 4.17. The molecule has 19 heavy (non-hydrogen) atoms. The monoisotopic (exact) mass is 273 g/mol. The Morgan fingerprint density at radius 1 is 1.26 bits per heavy atom. The van der Waals surface area contributed by atoms with E-state index in [-0.39, 0.29) is 0 Å². The van der Waals surface area contributed by atoms with E-state index in [0.29, 0.717) is 0 Å². The van der Waals surface area contributed by atoms with Gasteiger partial charge in [-0.25, -0.2) is 0 Å². The quantitative estimate of drug-likeness (QED) is 0.838. The molecule has 0 spiro atoms. The minimum absolute atomic E-state index is 0.732. The molecule has 100 valence electrons. The second kappa shape index (κ2) is 6.26. The Labute approximate surface area is 118 Å². The van der Waals surface area contributed by atoms with Gasteiger partial charge in [0.25, 0.3) is 0 Å². The number of aryl methyl sites for hydroxylation is 1. The first-order chi connectivity index (χ1) is 9.42. The predicted molar refractivity (Wildman–Crippen MR) is 78.1 cm³/mol. The molecule has 1 atom stereocenters. The first kappa shape index (κ1) is 12.8. The number of rotatable bonds is 5. The van der Waals surface area contributed by atoms with Crippen LogP contribution in [0.3, 0.4) is 0 Å². The van der Waals surface area contributed by atoms with Gasteiger partial charge in [0, 0.05) is 36.1 Å². The summed E-state index contributed by atoms with van der Waals surface area (Å²) in [6, 6.07) is 4.99. The van der Waals surface area contributed by atoms with Crippen LogP contribution in [0.5, 0.6) is 0 Å². The van der Waals surface area contributed by atoms with Gasteiger partial charge in [0.15, 0.2) is 0 Å². The average molecular weight is 273 g/mol. The highest BCUT2D eigenvalue weighted by Gasteiger charge is 2.24. The summed E-state index contributed by atoms with van der Waals surface area (Å²) in [4.78, 5) is 12.2. The van der Waals surface area contributed by atoms with Gasteiger partial charge in [-0.05, 0) is 49.9 Å². The zero-order valence-corrected chi connectivity index (χ0v) is 11.9. The zero-order chi connectivity index (χ0) is 12.9. The number of thiazole rings is 1. The van der Waals surface area contributed by atoms with Gasteiger partial charge in [-0.1, -0.05) is 0 Å². The fourth-order valence-electron chi connectivity index (χ4n) is 2.83. The SMILES string of the molecule is c1cc(CC[C@@H]2CCCN2Cc2cncs2)ccn1. The van der Waals surface area contributed by atoms with Crippen LogP contribution < -0.4 is 0 Å². The van der Waals surface area contributed by atoms with Crippen molar-refractivity contribution in [2.75, 3.05) is 6.54 Å². The third-order valence-corrected chi connectivity index (χ3v) is 4.62. The molecule has 1 saturated heterocycles. The second-order valence-corrected chi connectivity index (χ2v) is 6.10. The molecule has 0 bridgehead atoms. The predicted octanol–water partition coefficient (Wildman–Crippen LogP) is 3.14. The lowest BCUT2D eigenvalue weighted by Crippen LogP contribution is -2.29. The van der Waals surface area contributed by atoms with Gasteiger partial charge in [0.1, 0.15) is 0 Å². The summed E-state index contributed by atoms with van der Waals surface area (Å²) in [6.45, 7) is 2.31. The average Bonchev–Trinajstić information content (AvgIpc) is 3.10. The van der Waals surface area contributed by atoms with Crippen molar-refractivity contribution >= 4 is 11.3 Å². The van der Waals surface area contributed by atoms with Gasteiger partial charge >= 0.3 is 0 Å². The highest BCUT2D eigenvalue weighted by Crippen LogP contribution is 2.24. The van der Waals surface area contributed by atoms with Crippen molar-refractivity contribution < 1.29 is 0 Å². The topological polar surface area (TPSA) is 29.0 Å². The Morgan fingerprint density at radius 3 is 2.95 bits per heavy atom. The van der Waals surface area contributed by atoms with Crippen molar-refractivity contribution in [1.82, 2.24) is 14.9 Å². The Morgan fingerprint density at radius 2 is 2.16 bits per heavy atom. The summed E-state index contributed by atoms with van der Waals surface area (Å²) in [7, 11) is 0. The van der Waals surface area contributed by atoms with Gasteiger partial charge in [-0.2, -0.15) is 0 Å². The van der Waals surface area contributed by atoms with Crippen LogP contribution in [0.1, 0.15) is 29.7 Å². The van der Waals surface area contributed by atoms with E-state index >= 15 is 0 Å². The minimum atomic E-state index is 0.732. The molecule has 0 aliphatic carbocycles. The van der Waals surface area contributed by atoms with Crippen molar-refractivity contribution in [3.05, 3.63) is 46.7 Å². The number of hydrogen-bond acceptors (Lipinski definition) is 4. The van der Waals surface area contributed by atoms with Gasteiger partial charge in [0.05, 0.1) is 5.51 Å². The van der Waals surface area contributed by atoms with Crippen molar-refractivity contribution in [2.45, 2.75) is 38.3 Å². The lowest BCUT2D eigenvalue weighted by Gasteiger charge is -2.23. The van der Waals surface area contributed by atoms with Crippen molar-refractivity contribution in [2.24, 2.45) is 0 Å². The maximum Gasteiger partial charge on any atom is 0.0794 e. The molecule has 1 aliphatic heterocycles. The molecular weight excluding hydrogens is 254 g/mol. The molecule has 0 radical (unpaired) electrons. The lowest BCUT2D eigenvalue weighted by molar-refractivity contribution is 0.236. The van der Waals surface area contributed by atoms with Crippen LogP contribution in [-0.2, 0) is 13.0 Å². The number of aromatic nitrogens is 2. The van der Waals surface area contributed by atoms with Gasteiger partial charge < -0.3 is 0 Å². The molecule has 2 aromatic rings. The van der Waals surface area contributed by atoms with E-state index in [2.05, 4.69) is 27.0 Å².